The first-order valence-electron chi connectivity index (χ1n) is 5.65. The van der Waals surface area contributed by atoms with Crippen molar-refractivity contribution in [3.63, 3.8) is 0 Å². The minimum atomic E-state index is -0.187. The fourth-order valence-electron chi connectivity index (χ4n) is 1.62. The fraction of sp³-hybridized carbons (Fsp3) is 0.583. The summed E-state index contributed by atoms with van der Waals surface area (Å²) in [7, 11) is 1.40. The summed E-state index contributed by atoms with van der Waals surface area (Å²) in [4.78, 5) is 11.0. The van der Waals surface area contributed by atoms with Crippen LogP contribution >= 0.6 is 0 Å². The first kappa shape index (κ1) is 12.8. The molecule has 0 bridgehead atoms. The van der Waals surface area contributed by atoms with Crippen molar-refractivity contribution in [3.8, 4) is 0 Å². The van der Waals surface area contributed by atoms with Crippen molar-refractivity contribution in [3.05, 3.63) is 24.0 Å². The quantitative estimate of drug-likeness (QED) is 0.750. The number of esters is 1. The predicted molar refractivity (Wildman–Crippen MR) is 62.9 cm³/mol. The van der Waals surface area contributed by atoms with Crippen LogP contribution in [0.25, 0.3) is 0 Å². The largest absolute Gasteiger partial charge is 0.469 e. The van der Waals surface area contributed by atoms with Gasteiger partial charge in [0.25, 0.3) is 0 Å². The molecule has 4 heteroatoms. The van der Waals surface area contributed by atoms with Gasteiger partial charge in [0.1, 0.15) is 0 Å². The molecule has 0 aliphatic rings. The Kier molecular flexibility index (Phi) is 5.05. The molecule has 0 aliphatic carbocycles. The Labute approximate surface area is 96.4 Å². The Balaban J connectivity index is 2.48. The standard InChI is InChI=1S/C12H20N2O2/c1-3-4-11(13)10-5-7-14(9-10)8-6-12(15)16-2/h5,7,9,11H,3-4,6,8,13H2,1-2H3. The minimum Gasteiger partial charge on any atom is -0.469 e. The van der Waals surface area contributed by atoms with Gasteiger partial charge in [0, 0.05) is 25.0 Å². The van der Waals surface area contributed by atoms with Crippen LogP contribution in [0.2, 0.25) is 0 Å². The lowest BCUT2D eigenvalue weighted by Gasteiger charge is -2.07. The molecule has 1 rings (SSSR count). The maximum atomic E-state index is 11.0. The molecular formula is C12H20N2O2. The third-order valence-corrected chi connectivity index (χ3v) is 2.60. The van der Waals surface area contributed by atoms with Crippen LogP contribution in [-0.2, 0) is 16.1 Å². The van der Waals surface area contributed by atoms with Crippen molar-refractivity contribution in [1.29, 1.82) is 0 Å². The van der Waals surface area contributed by atoms with E-state index in [1.54, 1.807) is 0 Å². The van der Waals surface area contributed by atoms with Crippen LogP contribution in [0.5, 0.6) is 0 Å². The van der Waals surface area contributed by atoms with Gasteiger partial charge in [0.2, 0.25) is 0 Å². The Hall–Kier alpha value is -1.29. The maximum absolute atomic E-state index is 11.0. The first-order chi connectivity index (χ1) is 7.67. The highest BCUT2D eigenvalue weighted by Crippen LogP contribution is 2.15. The summed E-state index contributed by atoms with van der Waals surface area (Å²) in [5.41, 5.74) is 7.13. The average molecular weight is 224 g/mol. The van der Waals surface area contributed by atoms with Crippen molar-refractivity contribution in [2.45, 2.75) is 38.8 Å². The third-order valence-electron chi connectivity index (χ3n) is 2.60. The molecule has 1 aromatic rings. The normalized spacial score (nSPS) is 12.4. The SMILES string of the molecule is CCCC(N)c1ccn(CCC(=O)OC)c1. The van der Waals surface area contributed by atoms with Gasteiger partial charge in [-0.15, -0.1) is 0 Å². The topological polar surface area (TPSA) is 57.2 Å². The number of rotatable bonds is 6. The van der Waals surface area contributed by atoms with Crippen molar-refractivity contribution in [2.75, 3.05) is 7.11 Å². The van der Waals surface area contributed by atoms with Gasteiger partial charge in [0.15, 0.2) is 0 Å². The van der Waals surface area contributed by atoms with Crippen LogP contribution in [0.3, 0.4) is 0 Å². The summed E-state index contributed by atoms with van der Waals surface area (Å²) >= 11 is 0. The van der Waals surface area contributed by atoms with E-state index in [4.69, 9.17) is 5.73 Å². The molecule has 0 radical (unpaired) electrons. The lowest BCUT2D eigenvalue weighted by atomic mass is 10.1. The van der Waals surface area contributed by atoms with Gasteiger partial charge in [-0.05, 0) is 18.1 Å². The number of hydrogen-bond acceptors (Lipinski definition) is 3. The van der Waals surface area contributed by atoms with E-state index in [-0.39, 0.29) is 12.0 Å². The van der Waals surface area contributed by atoms with Crippen LogP contribution in [0, 0.1) is 0 Å². The van der Waals surface area contributed by atoms with Crippen molar-refractivity contribution >= 4 is 5.97 Å². The maximum Gasteiger partial charge on any atom is 0.307 e. The highest BCUT2D eigenvalue weighted by Gasteiger charge is 2.07. The van der Waals surface area contributed by atoms with Gasteiger partial charge in [-0.3, -0.25) is 4.79 Å². The number of aromatic nitrogens is 1. The number of nitrogens with two attached hydrogens (primary N) is 1. The lowest BCUT2D eigenvalue weighted by Crippen LogP contribution is -2.09. The average Bonchev–Trinajstić information content (AvgIpc) is 2.75. The van der Waals surface area contributed by atoms with E-state index in [0.29, 0.717) is 13.0 Å². The summed E-state index contributed by atoms with van der Waals surface area (Å²) in [6, 6.07) is 2.11. The van der Waals surface area contributed by atoms with Crippen LogP contribution in [0.15, 0.2) is 18.5 Å². The van der Waals surface area contributed by atoms with E-state index in [1.807, 2.05) is 23.0 Å². The number of hydrogen-bond donors (Lipinski definition) is 1. The van der Waals surface area contributed by atoms with Gasteiger partial charge >= 0.3 is 5.97 Å². The van der Waals surface area contributed by atoms with Crippen molar-refractivity contribution < 1.29 is 9.53 Å². The van der Waals surface area contributed by atoms with Crippen LogP contribution < -0.4 is 5.73 Å². The predicted octanol–water partition coefficient (Wildman–Crippen LogP) is 1.85. The summed E-state index contributed by atoms with van der Waals surface area (Å²) in [6.07, 6.45) is 6.42. The molecule has 1 aromatic heterocycles. The molecule has 0 aliphatic heterocycles. The van der Waals surface area contributed by atoms with E-state index in [9.17, 15) is 4.79 Å². The molecule has 0 saturated heterocycles. The summed E-state index contributed by atoms with van der Waals surface area (Å²) in [5, 5.41) is 0. The first-order valence-corrected chi connectivity index (χ1v) is 5.65. The molecule has 0 saturated carbocycles. The molecular weight excluding hydrogens is 204 g/mol. The van der Waals surface area contributed by atoms with Crippen molar-refractivity contribution in [2.24, 2.45) is 5.73 Å². The molecule has 1 atom stereocenters. The summed E-state index contributed by atoms with van der Waals surface area (Å²) in [5.74, 6) is -0.187. The van der Waals surface area contributed by atoms with Gasteiger partial charge in [-0.2, -0.15) is 0 Å². The molecule has 2 N–H and O–H groups in total. The highest BCUT2D eigenvalue weighted by molar-refractivity contribution is 5.68. The molecule has 90 valence electrons. The molecule has 16 heavy (non-hydrogen) atoms. The van der Waals surface area contributed by atoms with Crippen molar-refractivity contribution in [1.82, 2.24) is 4.57 Å². The lowest BCUT2D eigenvalue weighted by molar-refractivity contribution is -0.140. The monoisotopic (exact) mass is 224 g/mol. The zero-order valence-electron chi connectivity index (χ0n) is 9.98. The second kappa shape index (κ2) is 6.33. The Bertz CT molecular complexity index is 334. The van der Waals surface area contributed by atoms with E-state index >= 15 is 0 Å². The van der Waals surface area contributed by atoms with Crippen LogP contribution in [0.1, 0.15) is 37.8 Å². The van der Waals surface area contributed by atoms with Gasteiger partial charge < -0.3 is 15.0 Å². The van der Waals surface area contributed by atoms with Gasteiger partial charge in [-0.1, -0.05) is 13.3 Å². The molecule has 0 aromatic carbocycles. The number of carbonyl (C=O) groups excluding carboxylic acids is 1. The van der Waals surface area contributed by atoms with Gasteiger partial charge in [0.05, 0.1) is 13.5 Å². The third kappa shape index (κ3) is 3.70. The van der Waals surface area contributed by atoms with Gasteiger partial charge in [-0.25, -0.2) is 0 Å². The van der Waals surface area contributed by atoms with E-state index in [2.05, 4.69) is 11.7 Å². The fourth-order valence-corrected chi connectivity index (χ4v) is 1.62. The van der Waals surface area contributed by atoms with E-state index < -0.39 is 0 Å². The number of carbonyl (C=O) groups is 1. The summed E-state index contributed by atoms with van der Waals surface area (Å²) < 4.78 is 6.56. The Morgan fingerprint density at radius 3 is 3.00 bits per heavy atom. The molecule has 0 amide bonds. The zero-order valence-corrected chi connectivity index (χ0v) is 9.98. The number of methoxy groups -OCH3 is 1. The highest BCUT2D eigenvalue weighted by atomic mass is 16.5. The zero-order chi connectivity index (χ0) is 12.0. The number of aryl methyl sites for hydroxylation is 1. The number of nitrogens with zero attached hydrogens (tertiary/aromatic N) is 1. The molecule has 1 unspecified atom stereocenters. The second-order valence-corrected chi connectivity index (χ2v) is 3.90. The Morgan fingerprint density at radius 2 is 2.38 bits per heavy atom. The molecule has 0 spiro atoms. The smallest absolute Gasteiger partial charge is 0.307 e. The second-order valence-electron chi connectivity index (χ2n) is 3.90. The minimum absolute atomic E-state index is 0.101. The molecule has 4 nitrogen and oxygen atoms in total. The molecule has 0 fully saturated rings. The van der Waals surface area contributed by atoms with Crippen LogP contribution in [-0.4, -0.2) is 17.6 Å². The van der Waals surface area contributed by atoms with Crippen LogP contribution in [0.4, 0.5) is 0 Å². The van der Waals surface area contributed by atoms with E-state index in [0.717, 1.165) is 18.4 Å². The van der Waals surface area contributed by atoms with E-state index in [1.165, 1.54) is 7.11 Å². The molecule has 1 heterocycles. The summed E-state index contributed by atoms with van der Waals surface area (Å²) in [6.45, 7) is 2.76. The number of ether oxygens (including phenoxy) is 1. The Morgan fingerprint density at radius 1 is 1.62 bits per heavy atom.